The van der Waals surface area contributed by atoms with Gasteiger partial charge in [0.2, 0.25) is 5.75 Å². The van der Waals surface area contributed by atoms with Crippen molar-refractivity contribution in [2.24, 2.45) is 0 Å². The number of ether oxygens (including phenoxy) is 2. The highest BCUT2D eigenvalue weighted by molar-refractivity contribution is 6.39. The van der Waals surface area contributed by atoms with Gasteiger partial charge >= 0.3 is 6.03 Å². The highest BCUT2D eigenvalue weighted by Gasteiger charge is 2.36. The van der Waals surface area contributed by atoms with Gasteiger partial charge in [-0.25, -0.2) is 9.69 Å². The van der Waals surface area contributed by atoms with Crippen molar-refractivity contribution in [2.45, 2.75) is 0 Å². The summed E-state index contributed by atoms with van der Waals surface area (Å²) in [6, 6.07) is 8.00. The molecule has 0 spiro atoms. The number of phenolic OH excluding ortho intramolecular Hbond substituents is 1. The molecule has 0 aliphatic carbocycles. The van der Waals surface area contributed by atoms with E-state index in [1.165, 1.54) is 56.7 Å². The molecule has 9 heteroatoms. The zero-order chi connectivity index (χ0) is 20.4. The van der Waals surface area contributed by atoms with Crippen LogP contribution in [0, 0.1) is 0 Å². The Morgan fingerprint density at radius 2 is 1.61 bits per heavy atom. The molecule has 0 unspecified atom stereocenters. The number of nitrogens with one attached hydrogen (secondary N) is 1. The van der Waals surface area contributed by atoms with E-state index in [9.17, 15) is 19.5 Å². The lowest BCUT2D eigenvalue weighted by molar-refractivity contribution is -0.122. The molecular weight excluding hydrogens is 388 g/mol. The minimum Gasteiger partial charge on any atom is -0.502 e. The molecule has 1 aliphatic rings. The number of barbiturate groups is 1. The average molecular weight is 403 g/mol. The average Bonchev–Trinajstić information content (AvgIpc) is 2.67. The van der Waals surface area contributed by atoms with Crippen LogP contribution in [-0.4, -0.2) is 37.2 Å². The normalized spacial score (nSPS) is 15.6. The van der Waals surface area contributed by atoms with Crippen LogP contribution in [0.5, 0.6) is 17.2 Å². The van der Waals surface area contributed by atoms with Gasteiger partial charge in [-0.05, 0) is 48.0 Å². The van der Waals surface area contributed by atoms with Crippen molar-refractivity contribution in [3.8, 4) is 17.2 Å². The zero-order valence-electron chi connectivity index (χ0n) is 14.9. The summed E-state index contributed by atoms with van der Waals surface area (Å²) >= 11 is 5.84. The topological polar surface area (TPSA) is 105 Å². The van der Waals surface area contributed by atoms with Crippen molar-refractivity contribution in [2.75, 3.05) is 19.1 Å². The standard InChI is InChI=1S/C19H15ClN2O6/c1-27-14-8-10(9-15(28-2)16(14)23)7-13-17(24)21-19(26)22(18(13)25)12-5-3-11(20)4-6-12/h3-9,23H,1-2H3,(H,21,24,26)/b13-7-. The van der Waals surface area contributed by atoms with Crippen molar-refractivity contribution in [3.63, 3.8) is 0 Å². The fourth-order valence-electron chi connectivity index (χ4n) is 2.65. The van der Waals surface area contributed by atoms with Gasteiger partial charge in [-0.3, -0.25) is 14.9 Å². The van der Waals surface area contributed by atoms with E-state index in [4.69, 9.17) is 21.1 Å². The SMILES string of the molecule is COc1cc(/C=C2/C(=O)NC(=O)N(c3ccc(Cl)cc3)C2=O)cc(OC)c1O. The molecule has 0 atom stereocenters. The van der Waals surface area contributed by atoms with Gasteiger partial charge in [-0.1, -0.05) is 11.6 Å². The zero-order valence-corrected chi connectivity index (χ0v) is 15.6. The predicted molar refractivity (Wildman–Crippen MR) is 102 cm³/mol. The van der Waals surface area contributed by atoms with Crippen LogP contribution in [0.4, 0.5) is 10.5 Å². The number of amides is 4. The number of hydrogen-bond donors (Lipinski definition) is 2. The van der Waals surface area contributed by atoms with Gasteiger partial charge in [-0.15, -0.1) is 0 Å². The summed E-state index contributed by atoms with van der Waals surface area (Å²) in [6.45, 7) is 0. The summed E-state index contributed by atoms with van der Waals surface area (Å²) in [5.41, 5.74) is 0.339. The Morgan fingerprint density at radius 1 is 1.04 bits per heavy atom. The lowest BCUT2D eigenvalue weighted by Gasteiger charge is -2.26. The van der Waals surface area contributed by atoms with Crippen LogP contribution in [0.25, 0.3) is 6.08 Å². The number of phenols is 1. The van der Waals surface area contributed by atoms with Gasteiger partial charge in [0.25, 0.3) is 11.8 Å². The third-order valence-corrected chi connectivity index (χ3v) is 4.25. The molecule has 144 valence electrons. The van der Waals surface area contributed by atoms with Crippen molar-refractivity contribution in [1.82, 2.24) is 5.32 Å². The molecule has 1 heterocycles. The van der Waals surface area contributed by atoms with E-state index in [1.54, 1.807) is 0 Å². The van der Waals surface area contributed by atoms with E-state index in [-0.39, 0.29) is 28.5 Å². The first-order chi connectivity index (χ1) is 13.3. The summed E-state index contributed by atoms with van der Waals surface area (Å²) < 4.78 is 10.1. The maximum absolute atomic E-state index is 12.8. The number of rotatable bonds is 4. The van der Waals surface area contributed by atoms with Gasteiger partial charge in [0.1, 0.15) is 5.57 Å². The Labute approximate surface area is 164 Å². The summed E-state index contributed by atoms with van der Waals surface area (Å²) in [6.07, 6.45) is 1.28. The van der Waals surface area contributed by atoms with E-state index in [1.807, 2.05) is 0 Å². The fraction of sp³-hybridized carbons (Fsp3) is 0.105. The number of anilines is 1. The molecule has 0 radical (unpaired) electrons. The molecule has 8 nitrogen and oxygen atoms in total. The van der Waals surface area contributed by atoms with Crippen LogP contribution in [0.2, 0.25) is 5.02 Å². The minimum atomic E-state index is -0.865. The maximum atomic E-state index is 12.8. The van der Waals surface area contributed by atoms with E-state index in [2.05, 4.69) is 5.32 Å². The number of nitrogens with zero attached hydrogens (tertiary/aromatic N) is 1. The third-order valence-electron chi connectivity index (χ3n) is 4.00. The van der Waals surface area contributed by atoms with Crippen LogP contribution in [-0.2, 0) is 9.59 Å². The Kier molecular flexibility index (Phi) is 5.23. The highest BCUT2D eigenvalue weighted by Crippen LogP contribution is 2.38. The second-order valence-electron chi connectivity index (χ2n) is 5.71. The predicted octanol–water partition coefficient (Wildman–Crippen LogP) is 2.73. The first-order valence-corrected chi connectivity index (χ1v) is 8.35. The molecule has 0 saturated carbocycles. The number of urea groups is 1. The molecule has 28 heavy (non-hydrogen) atoms. The Bertz CT molecular complexity index is 975. The molecule has 2 aromatic rings. The van der Waals surface area contributed by atoms with Crippen molar-refractivity contribution < 1.29 is 29.0 Å². The van der Waals surface area contributed by atoms with Crippen LogP contribution in [0.15, 0.2) is 42.0 Å². The van der Waals surface area contributed by atoms with E-state index in [0.717, 1.165) is 4.90 Å². The maximum Gasteiger partial charge on any atom is 0.335 e. The Morgan fingerprint density at radius 3 is 2.14 bits per heavy atom. The van der Waals surface area contributed by atoms with Gasteiger partial charge in [0.05, 0.1) is 19.9 Å². The molecule has 2 aromatic carbocycles. The summed E-state index contributed by atoms with van der Waals surface area (Å²) in [5.74, 6) is -1.67. The number of methoxy groups -OCH3 is 2. The smallest absolute Gasteiger partial charge is 0.335 e. The highest BCUT2D eigenvalue weighted by atomic mass is 35.5. The third kappa shape index (κ3) is 3.49. The van der Waals surface area contributed by atoms with Crippen molar-refractivity contribution in [1.29, 1.82) is 0 Å². The first kappa shape index (κ1) is 19.2. The van der Waals surface area contributed by atoms with Crippen molar-refractivity contribution in [3.05, 3.63) is 52.6 Å². The number of benzene rings is 2. The molecule has 0 aromatic heterocycles. The first-order valence-electron chi connectivity index (χ1n) is 7.97. The molecule has 4 amide bonds. The van der Waals surface area contributed by atoms with E-state index >= 15 is 0 Å². The number of carbonyl (C=O) groups is 3. The molecule has 0 bridgehead atoms. The fourth-order valence-corrected chi connectivity index (χ4v) is 2.77. The number of carbonyl (C=O) groups excluding carboxylic acids is 3. The summed E-state index contributed by atoms with van der Waals surface area (Å²) in [7, 11) is 2.70. The Hall–Kier alpha value is -3.52. The van der Waals surface area contributed by atoms with Gasteiger partial charge in [0.15, 0.2) is 11.5 Å². The molecule has 1 saturated heterocycles. The molecular formula is C19H15ClN2O6. The summed E-state index contributed by atoms with van der Waals surface area (Å²) in [4.78, 5) is 38.1. The van der Waals surface area contributed by atoms with Gasteiger partial charge in [0, 0.05) is 5.02 Å². The van der Waals surface area contributed by atoms with Gasteiger partial charge < -0.3 is 14.6 Å². The van der Waals surface area contributed by atoms with Crippen LogP contribution < -0.4 is 19.7 Å². The quantitative estimate of drug-likeness (QED) is 0.601. The molecule has 2 N–H and O–H groups in total. The van der Waals surface area contributed by atoms with Crippen molar-refractivity contribution >= 4 is 41.2 Å². The number of imide groups is 2. The lowest BCUT2D eigenvalue weighted by atomic mass is 10.1. The largest absolute Gasteiger partial charge is 0.502 e. The minimum absolute atomic E-state index is 0.0977. The van der Waals surface area contributed by atoms with Crippen LogP contribution in [0.3, 0.4) is 0 Å². The lowest BCUT2D eigenvalue weighted by Crippen LogP contribution is -2.54. The number of aromatic hydroxyl groups is 1. The van der Waals surface area contributed by atoms with Gasteiger partial charge in [-0.2, -0.15) is 0 Å². The molecule has 1 fully saturated rings. The van der Waals surface area contributed by atoms with E-state index < -0.39 is 17.8 Å². The second-order valence-corrected chi connectivity index (χ2v) is 6.14. The number of halogens is 1. The monoisotopic (exact) mass is 402 g/mol. The Balaban J connectivity index is 2.05. The second kappa shape index (κ2) is 7.61. The number of hydrogen-bond acceptors (Lipinski definition) is 6. The van der Waals surface area contributed by atoms with Crippen LogP contribution in [0.1, 0.15) is 5.56 Å². The van der Waals surface area contributed by atoms with E-state index in [0.29, 0.717) is 10.6 Å². The van der Waals surface area contributed by atoms with Crippen LogP contribution >= 0.6 is 11.6 Å². The summed E-state index contributed by atoms with van der Waals surface area (Å²) in [5, 5.41) is 12.6. The molecule has 1 aliphatic heterocycles. The molecule has 3 rings (SSSR count).